The molecule has 0 spiro atoms. The number of nitro benzene ring substituents is 1. The van der Waals surface area contributed by atoms with Crippen molar-refractivity contribution in [2.75, 3.05) is 13.2 Å². The fourth-order valence-corrected chi connectivity index (χ4v) is 2.08. The Hall–Kier alpha value is -2.96. The quantitative estimate of drug-likeness (QED) is 0.624. The lowest BCUT2D eigenvalue weighted by atomic mass is 10.1. The first-order chi connectivity index (χ1) is 11.5. The van der Waals surface area contributed by atoms with E-state index in [1.165, 1.54) is 24.3 Å². The maximum absolute atomic E-state index is 12.8. The first-order valence-corrected chi connectivity index (χ1v) is 7.34. The van der Waals surface area contributed by atoms with Gasteiger partial charge in [-0.3, -0.25) is 14.9 Å². The molecule has 0 fully saturated rings. The third-order valence-electron chi connectivity index (χ3n) is 3.32. The number of rotatable bonds is 7. The number of aryl methyl sites for hydroxylation is 1. The van der Waals surface area contributed by atoms with Crippen molar-refractivity contribution in [2.45, 2.75) is 13.3 Å². The van der Waals surface area contributed by atoms with Crippen LogP contribution in [0.5, 0.6) is 5.75 Å². The monoisotopic (exact) mass is 332 g/mol. The van der Waals surface area contributed by atoms with Gasteiger partial charge < -0.3 is 10.1 Å². The minimum Gasteiger partial charge on any atom is -0.477 e. The molecule has 7 heteroatoms. The molecule has 126 valence electrons. The zero-order chi connectivity index (χ0) is 17.5. The van der Waals surface area contributed by atoms with Crippen LogP contribution in [0.3, 0.4) is 0 Å². The van der Waals surface area contributed by atoms with Crippen molar-refractivity contribution >= 4 is 11.6 Å². The van der Waals surface area contributed by atoms with Crippen LogP contribution < -0.4 is 10.1 Å². The molecule has 0 aliphatic heterocycles. The van der Waals surface area contributed by atoms with Gasteiger partial charge in [0, 0.05) is 12.6 Å². The van der Waals surface area contributed by atoms with Crippen LogP contribution in [0.25, 0.3) is 0 Å². The van der Waals surface area contributed by atoms with Gasteiger partial charge in [-0.15, -0.1) is 0 Å². The van der Waals surface area contributed by atoms with Crippen LogP contribution >= 0.6 is 0 Å². The van der Waals surface area contributed by atoms with Crippen LogP contribution in [0, 0.1) is 22.9 Å². The van der Waals surface area contributed by atoms with Crippen LogP contribution in [-0.2, 0) is 11.2 Å². The Balaban J connectivity index is 1.81. The highest BCUT2D eigenvalue weighted by molar-refractivity contribution is 5.77. The van der Waals surface area contributed by atoms with Crippen LogP contribution in [0.4, 0.5) is 10.1 Å². The smallest absolute Gasteiger partial charge is 0.311 e. The molecule has 0 aromatic heterocycles. The van der Waals surface area contributed by atoms with Gasteiger partial charge in [-0.25, -0.2) is 4.39 Å². The van der Waals surface area contributed by atoms with Crippen molar-refractivity contribution in [1.29, 1.82) is 0 Å². The van der Waals surface area contributed by atoms with Gasteiger partial charge in [-0.1, -0.05) is 18.2 Å². The third-order valence-corrected chi connectivity index (χ3v) is 3.32. The molecule has 0 saturated carbocycles. The van der Waals surface area contributed by atoms with E-state index in [0.717, 1.165) is 11.1 Å². The van der Waals surface area contributed by atoms with E-state index in [0.29, 0.717) is 13.0 Å². The Morgan fingerprint density at radius 2 is 1.96 bits per heavy atom. The van der Waals surface area contributed by atoms with E-state index in [9.17, 15) is 19.3 Å². The number of amides is 1. The first kappa shape index (κ1) is 17.4. The van der Waals surface area contributed by atoms with Crippen molar-refractivity contribution in [1.82, 2.24) is 5.32 Å². The molecule has 2 rings (SSSR count). The minimum atomic E-state index is -0.547. The van der Waals surface area contributed by atoms with Gasteiger partial charge >= 0.3 is 5.69 Å². The maximum Gasteiger partial charge on any atom is 0.311 e. The topological polar surface area (TPSA) is 81.5 Å². The zero-order valence-electron chi connectivity index (χ0n) is 13.1. The summed E-state index contributed by atoms with van der Waals surface area (Å²) in [5, 5.41) is 13.6. The highest BCUT2D eigenvalue weighted by atomic mass is 19.1. The van der Waals surface area contributed by atoms with Crippen molar-refractivity contribution in [3.8, 4) is 5.75 Å². The fourth-order valence-electron chi connectivity index (χ4n) is 2.08. The summed E-state index contributed by atoms with van der Waals surface area (Å²) in [5.41, 5.74) is 1.46. The Morgan fingerprint density at radius 1 is 1.25 bits per heavy atom. The van der Waals surface area contributed by atoms with E-state index in [-0.39, 0.29) is 29.8 Å². The predicted octanol–water partition coefficient (Wildman–Crippen LogP) is 2.78. The van der Waals surface area contributed by atoms with Crippen molar-refractivity contribution in [3.05, 3.63) is 69.5 Å². The minimum absolute atomic E-state index is 0.0549. The summed E-state index contributed by atoms with van der Waals surface area (Å²) < 4.78 is 18.0. The summed E-state index contributed by atoms with van der Waals surface area (Å²) in [4.78, 5) is 22.2. The van der Waals surface area contributed by atoms with Gasteiger partial charge in [-0.2, -0.15) is 0 Å². The number of carbonyl (C=O) groups excluding carboxylic acids is 1. The standard InChI is InChI=1S/C17H17FN2O4/c1-12-2-7-16(15(10-12)20(22)23)24-11-17(21)19-9-8-13-3-5-14(18)6-4-13/h2-7,10H,8-9,11H2,1H3,(H,19,21). The zero-order valence-corrected chi connectivity index (χ0v) is 13.1. The SMILES string of the molecule is Cc1ccc(OCC(=O)NCCc2ccc(F)cc2)c([N+](=O)[O-])c1. The second-order valence-corrected chi connectivity index (χ2v) is 5.24. The molecule has 0 saturated heterocycles. The summed E-state index contributed by atoms with van der Waals surface area (Å²) in [6.07, 6.45) is 0.552. The largest absolute Gasteiger partial charge is 0.477 e. The van der Waals surface area contributed by atoms with E-state index >= 15 is 0 Å². The number of benzene rings is 2. The summed E-state index contributed by atoms with van der Waals surface area (Å²) in [6, 6.07) is 10.5. The normalized spacial score (nSPS) is 10.2. The van der Waals surface area contributed by atoms with Crippen molar-refractivity contribution < 1.29 is 18.8 Å². The van der Waals surface area contributed by atoms with E-state index in [1.54, 1.807) is 25.1 Å². The number of hydrogen-bond donors (Lipinski definition) is 1. The predicted molar refractivity (Wildman–Crippen MR) is 86.4 cm³/mol. The molecule has 24 heavy (non-hydrogen) atoms. The Labute approximate surface area is 138 Å². The highest BCUT2D eigenvalue weighted by Crippen LogP contribution is 2.27. The van der Waals surface area contributed by atoms with E-state index in [2.05, 4.69) is 5.32 Å². The van der Waals surface area contributed by atoms with Gasteiger partial charge in [0.05, 0.1) is 4.92 Å². The van der Waals surface area contributed by atoms with Crippen molar-refractivity contribution in [2.24, 2.45) is 0 Å². The second kappa shape index (κ2) is 8.05. The van der Waals surface area contributed by atoms with Crippen LogP contribution in [0.2, 0.25) is 0 Å². The summed E-state index contributed by atoms with van der Waals surface area (Å²) in [7, 11) is 0. The summed E-state index contributed by atoms with van der Waals surface area (Å²) in [6.45, 7) is 1.79. The molecule has 0 atom stereocenters. The van der Waals surface area contributed by atoms with Crippen LogP contribution in [-0.4, -0.2) is 24.0 Å². The third kappa shape index (κ3) is 5.05. The molecule has 0 radical (unpaired) electrons. The molecule has 0 aliphatic rings. The molecule has 2 aromatic rings. The van der Waals surface area contributed by atoms with Gasteiger partial charge in [0.1, 0.15) is 5.82 Å². The lowest BCUT2D eigenvalue weighted by Crippen LogP contribution is -2.30. The molecule has 6 nitrogen and oxygen atoms in total. The van der Waals surface area contributed by atoms with Crippen LogP contribution in [0.1, 0.15) is 11.1 Å². The Morgan fingerprint density at radius 3 is 2.62 bits per heavy atom. The Kier molecular flexibility index (Phi) is 5.83. The van der Waals surface area contributed by atoms with Gasteiger partial charge in [0.15, 0.2) is 12.4 Å². The second-order valence-electron chi connectivity index (χ2n) is 5.24. The molecule has 0 unspecified atom stereocenters. The molecular weight excluding hydrogens is 315 g/mol. The van der Waals surface area contributed by atoms with Gasteiger partial charge in [0.2, 0.25) is 0 Å². The first-order valence-electron chi connectivity index (χ1n) is 7.34. The molecule has 2 aromatic carbocycles. The van der Waals surface area contributed by atoms with E-state index in [4.69, 9.17) is 4.74 Å². The summed E-state index contributed by atoms with van der Waals surface area (Å²) in [5.74, 6) is -0.637. The van der Waals surface area contributed by atoms with Crippen molar-refractivity contribution in [3.63, 3.8) is 0 Å². The van der Waals surface area contributed by atoms with Gasteiger partial charge in [0.25, 0.3) is 5.91 Å². The number of carbonyl (C=O) groups is 1. The molecule has 0 bridgehead atoms. The molecule has 0 heterocycles. The Bertz CT molecular complexity index is 732. The average molecular weight is 332 g/mol. The molecule has 0 aliphatic carbocycles. The highest BCUT2D eigenvalue weighted by Gasteiger charge is 2.16. The average Bonchev–Trinajstić information content (AvgIpc) is 2.55. The number of nitrogens with one attached hydrogen (secondary N) is 1. The lowest BCUT2D eigenvalue weighted by molar-refractivity contribution is -0.385. The number of nitro groups is 1. The number of nitrogens with zero attached hydrogens (tertiary/aromatic N) is 1. The number of hydrogen-bond acceptors (Lipinski definition) is 4. The fraction of sp³-hybridized carbons (Fsp3) is 0.235. The van der Waals surface area contributed by atoms with Crippen LogP contribution in [0.15, 0.2) is 42.5 Å². The maximum atomic E-state index is 12.8. The van der Waals surface area contributed by atoms with Gasteiger partial charge in [-0.05, 0) is 42.7 Å². The van der Waals surface area contributed by atoms with E-state index < -0.39 is 4.92 Å². The number of ether oxygens (including phenoxy) is 1. The number of halogens is 1. The molecule has 1 N–H and O–H groups in total. The lowest BCUT2D eigenvalue weighted by Gasteiger charge is -2.08. The molecular formula is C17H17FN2O4. The summed E-state index contributed by atoms with van der Waals surface area (Å²) >= 11 is 0. The van der Waals surface area contributed by atoms with E-state index in [1.807, 2.05) is 0 Å². The molecule has 1 amide bonds.